The van der Waals surface area contributed by atoms with Crippen molar-refractivity contribution in [1.29, 1.82) is 0 Å². The molecule has 19 heteroatoms. The molecular weight excluding hydrogens is 1070 g/mol. The van der Waals surface area contributed by atoms with E-state index in [4.69, 9.17) is 33.7 Å². The monoisotopic (exact) mass is 1170 g/mol. The van der Waals surface area contributed by atoms with Gasteiger partial charge in [-0.05, 0) is 119 Å². The molecule has 6 aliphatic carbocycles. The third-order valence-corrected chi connectivity index (χ3v) is 18.8. The summed E-state index contributed by atoms with van der Waals surface area (Å²) in [6.07, 6.45) is 29.1. The van der Waals surface area contributed by atoms with E-state index in [-0.39, 0.29) is 59.6 Å². The standard InChI is InChI=1S/C21H28O4.C13H21NO4.C11H18O4.C10H17NO2.C6H10O.2ClH/c1-24-18(22)21(19(23)25-2)15-17(13-16-9-5-3-6-10-16)14-20(21)11-7-4-8-12-20;1-17-10(15)13(11(16)18-2)9-14-8-12(13)6-4-3-5-7-12;1-13-11(12)10(8-15-14-2)9-6-4-3-5-7-9;12-9(13)8-6-11-7-10(8)4-2-1-3-5-10;7-6-4-2-1-3-5-6;;/h3,5-6,9-10,17H,4,7-8,11-15H2,1-2H3;14H,3-9H2,1-2H3;3-8H2,1-2H3;8,11H,1-7H2,(H,12,13);1-5H2;2*1H. The number of ketones is 1. The molecule has 0 amide bonds. The second-order valence-corrected chi connectivity index (χ2v) is 23.1. The maximum absolute atomic E-state index is 12.9. The number of allylic oxidation sites excluding steroid dienone is 1. The number of hydrogen-bond acceptors (Lipinski definition) is 16. The zero-order valence-electron chi connectivity index (χ0n) is 48.9. The zero-order chi connectivity index (χ0) is 56.7. The van der Waals surface area contributed by atoms with E-state index in [2.05, 4.69) is 27.7 Å². The highest BCUT2D eigenvalue weighted by Gasteiger charge is 2.68. The van der Waals surface area contributed by atoms with Crippen LogP contribution in [0, 0.1) is 38.9 Å². The summed E-state index contributed by atoms with van der Waals surface area (Å²) in [7, 11) is 8.25. The molecule has 8 fully saturated rings. The summed E-state index contributed by atoms with van der Waals surface area (Å²) < 4.78 is 24.8. The van der Waals surface area contributed by atoms with Crippen molar-refractivity contribution in [1.82, 2.24) is 10.6 Å². The number of esters is 5. The van der Waals surface area contributed by atoms with Gasteiger partial charge in [0.15, 0.2) is 10.8 Å². The largest absolute Gasteiger partial charge is 0.481 e. The van der Waals surface area contributed by atoms with E-state index < -0.39 is 40.7 Å². The molecule has 1 aromatic carbocycles. The molecule has 6 saturated carbocycles. The maximum Gasteiger partial charge on any atom is 0.336 e. The van der Waals surface area contributed by atoms with Crippen LogP contribution in [0.3, 0.4) is 0 Å². The number of ether oxygens (including phenoxy) is 5. The van der Waals surface area contributed by atoms with Crippen LogP contribution in [0.25, 0.3) is 0 Å². The predicted molar refractivity (Wildman–Crippen MR) is 307 cm³/mol. The number of carbonyl (C=O) groups excluding carboxylic acids is 6. The van der Waals surface area contributed by atoms with Gasteiger partial charge in [0, 0.05) is 44.4 Å². The number of carbonyl (C=O) groups is 7. The van der Waals surface area contributed by atoms with Crippen molar-refractivity contribution < 1.29 is 72.1 Å². The molecule has 2 heterocycles. The number of carboxylic acid groups (broad SMARTS) is 1. The molecule has 17 nitrogen and oxygen atoms in total. The van der Waals surface area contributed by atoms with E-state index in [9.17, 15) is 33.6 Å². The third kappa shape index (κ3) is 16.8. The first-order valence-corrected chi connectivity index (χ1v) is 29.1. The summed E-state index contributed by atoms with van der Waals surface area (Å²) in [4.78, 5) is 92.6. The number of Topliss-reactive ketones (excluding diaryl/α,β-unsaturated/α-hetero) is 1. The lowest BCUT2D eigenvalue weighted by molar-refractivity contribution is -0.265. The van der Waals surface area contributed by atoms with Crippen LogP contribution in [0.15, 0.2) is 41.5 Å². The molecule has 2 saturated heterocycles. The Morgan fingerprint density at radius 3 is 1.48 bits per heavy atom. The topological polar surface area (TPSA) is 228 Å². The zero-order valence-corrected chi connectivity index (χ0v) is 50.5. The van der Waals surface area contributed by atoms with E-state index in [0.717, 1.165) is 141 Å². The molecule has 2 aliphatic heterocycles. The minimum absolute atomic E-state index is 0. The summed E-state index contributed by atoms with van der Waals surface area (Å²) in [5, 5.41) is 15.5. The lowest BCUT2D eigenvalue weighted by atomic mass is 9.58. The molecule has 3 spiro atoms. The first-order valence-electron chi connectivity index (χ1n) is 29.1. The quantitative estimate of drug-likeness (QED) is 0.0467. The lowest BCUT2D eigenvalue weighted by Gasteiger charge is -2.44. The molecular formula is C61H96Cl2N2O15. The average Bonchev–Trinajstić information content (AvgIpc) is 4.15. The van der Waals surface area contributed by atoms with Gasteiger partial charge in [-0.3, -0.25) is 28.8 Å². The van der Waals surface area contributed by atoms with Gasteiger partial charge in [0.25, 0.3) is 0 Å². The Morgan fingerprint density at radius 1 is 0.537 bits per heavy atom. The van der Waals surface area contributed by atoms with Crippen molar-refractivity contribution in [2.75, 3.05) is 75.4 Å². The number of methoxy groups -OCH3 is 5. The smallest absolute Gasteiger partial charge is 0.336 e. The van der Waals surface area contributed by atoms with Crippen molar-refractivity contribution in [3.05, 3.63) is 47.0 Å². The summed E-state index contributed by atoms with van der Waals surface area (Å²) in [6, 6.07) is 10.3. The molecule has 454 valence electrons. The van der Waals surface area contributed by atoms with Crippen LogP contribution in [0.4, 0.5) is 0 Å². The van der Waals surface area contributed by atoms with Crippen LogP contribution in [-0.2, 0) is 73.4 Å². The Labute approximate surface area is 488 Å². The fraction of sp³-hybridized carbons (Fsp3) is 0.754. The van der Waals surface area contributed by atoms with Gasteiger partial charge in [-0.1, -0.05) is 107 Å². The first-order chi connectivity index (χ1) is 37.6. The summed E-state index contributed by atoms with van der Waals surface area (Å²) in [5.74, 6) is -2.01. The number of carboxylic acids is 1. The highest BCUT2D eigenvalue weighted by Crippen LogP contribution is 2.63. The number of rotatable bonds is 11. The maximum atomic E-state index is 12.9. The number of halogens is 2. The molecule has 9 rings (SSSR count). The van der Waals surface area contributed by atoms with Crippen molar-refractivity contribution in [3.63, 3.8) is 0 Å². The van der Waals surface area contributed by atoms with Crippen LogP contribution < -0.4 is 10.6 Å². The van der Waals surface area contributed by atoms with Gasteiger partial charge in [-0.15, -0.1) is 24.8 Å². The number of nitrogens with one attached hydrogen (secondary N) is 2. The molecule has 0 aromatic heterocycles. The van der Waals surface area contributed by atoms with E-state index in [1.54, 1.807) is 0 Å². The Bertz CT molecular complexity index is 2110. The predicted octanol–water partition coefficient (Wildman–Crippen LogP) is 10.4. The highest BCUT2D eigenvalue weighted by atomic mass is 35.5. The lowest BCUT2D eigenvalue weighted by Crippen LogP contribution is -2.54. The summed E-state index contributed by atoms with van der Waals surface area (Å²) in [6.45, 7) is 2.79. The minimum atomic E-state index is -1.16. The van der Waals surface area contributed by atoms with Crippen LogP contribution in [0.5, 0.6) is 0 Å². The van der Waals surface area contributed by atoms with E-state index in [1.807, 2.05) is 18.2 Å². The van der Waals surface area contributed by atoms with E-state index in [1.165, 1.54) is 93.2 Å². The molecule has 2 atom stereocenters. The third-order valence-electron chi connectivity index (χ3n) is 18.8. The summed E-state index contributed by atoms with van der Waals surface area (Å²) in [5.41, 5.74) is 0.196. The number of hydrogen-bond donors (Lipinski definition) is 3. The van der Waals surface area contributed by atoms with Crippen LogP contribution in [0.2, 0.25) is 0 Å². The second kappa shape index (κ2) is 34.5. The average molecular weight is 1170 g/mol. The molecule has 2 unspecified atom stereocenters. The van der Waals surface area contributed by atoms with Crippen molar-refractivity contribution >= 4 is 66.4 Å². The van der Waals surface area contributed by atoms with Gasteiger partial charge in [0.2, 0.25) is 0 Å². The van der Waals surface area contributed by atoms with Gasteiger partial charge >= 0.3 is 35.8 Å². The van der Waals surface area contributed by atoms with Gasteiger partial charge in [-0.25, -0.2) is 14.6 Å². The Kier molecular flexibility index (Phi) is 30.2. The van der Waals surface area contributed by atoms with Gasteiger partial charge < -0.3 is 39.4 Å². The van der Waals surface area contributed by atoms with Crippen molar-refractivity contribution in [2.24, 2.45) is 38.9 Å². The SMILES string of the molecule is COC(=O)C1(C(=O)OC)CC(Cc2ccccc2)CC12CCCCC2.COC(=O)C1(C(=O)OC)CNCC12CCCCC2.COOCC(C(=O)OC)=C1CCCCC1.Cl.Cl.O=C(O)C1CNCC12CCCCC2.O=C1CCCCC1. The number of benzene rings is 1. The number of aliphatic carboxylic acids is 1. The van der Waals surface area contributed by atoms with Gasteiger partial charge in [0.05, 0.1) is 54.1 Å². The molecule has 8 aliphatic rings. The van der Waals surface area contributed by atoms with E-state index in [0.29, 0.717) is 43.3 Å². The minimum Gasteiger partial charge on any atom is -0.481 e. The molecule has 0 bridgehead atoms. The second-order valence-electron chi connectivity index (χ2n) is 23.1. The van der Waals surface area contributed by atoms with E-state index >= 15 is 0 Å². The molecule has 0 radical (unpaired) electrons. The van der Waals surface area contributed by atoms with Gasteiger partial charge in [-0.2, -0.15) is 0 Å². The molecule has 3 N–H and O–H groups in total. The van der Waals surface area contributed by atoms with Crippen molar-refractivity contribution in [3.8, 4) is 0 Å². The first kappa shape index (κ1) is 70.1. The fourth-order valence-corrected chi connectivity index (χ4v) is 14.8. The molecule has 1 aromatic rings. The van der Waals surface area contributed by atoms with Crippen LogP contribution in [-0.4, -0.2) is 122 Å². The fourth-order valence-electron chi connectivity index (χ4n) is 14.8. The summed E-state index contributed by atoms with van der Waals surface area (Å²) >= 11 is 0. The normalized spacial score (nSPS) is 23.3. The van der Waals surface area contributed by atoms with Crippen molar-refractivity contribution in [2.45, 2.75) is 180 Å². The molecule has 80 heavy (non-hydrogen) atoms. The van der Waals surface area contributed by atoms with Crippen LogP contribution in [0.1, 0.15) is 179 Å². The Hall–Kier alpha value is -4.13. The Balaban J connectivity index is 0.000000273. The van der Waals surface area contributed by atoms with Gasteiger partial charge in [0.1, 0.15) is 12.4 Å². The highest BCUT2D eigenvalue weighted by molar-refractivity contribution is 6.02. The Morgan fingerprint density at radius 2 is 1.01 bits per heavy atom. The van der Waals surface area contributed by atoms with Crippen LogP contribution >= 0.6 is 24.8 Å².